The third-order valence-corrected chi connectivity index (χ3v) is 5.78. The van der Waals surface area contributed by atoms with Crippen molar-refractivity contribution in [1.82, 2.24) is 15.1 Å². The lowest BCUT2D eigenvalue weighted by Crippen LogP contribution is -2.43. The van der Waals surface area contributed by atoms with Gasteiger partial charge in [0.05, 0.1) is 11.6 Å². The van der Waals surface area contributed by atoms with E-state index in [4.69, 9.17) is 11.6 Å². The van der Waals surface area contributed by atoms with Crippen molar-refractivity contribution in [1.29, 1.82) is 0 Å². The summed E-state index contributed by atoms with van der Waals surface area (Å²) in [7, 11) is 0. The normalized spacial score (nSPS) is 16.2. The predicted molar refractivity (Wildman–Crippen MR) is 123 cm³/mol. The second-order valence-corrected chi connectivity index (χ2v) is 8.35. The third kappa shape index (κ3) is 5.14. The average Bonchev–Trinajstić information content (AvgIpc) is 2.79. The Balaban J connectivity index is 1.45. The molecule has 2 heterocycles. The van der Waals surface area contributed by atoms with Crippen LogP contribution in [-0.2, 0) is 11.3 Å². The zero-order valence-electron chi connectivity index (χ0n) is 17.4. The van der Waals surface area contributed by atoms with Gasteiger partial charge in [0.25, 0.3) is 5.56 Å². The number of nitrogens with zero attached hydrogens (tertiary/aromatic N) is 3. The van der Waals surface area contributed by atoms with Crippen LogP contribution in [-0.4, -0.2) is 28.8 Å². The number of aryl methyl sites for hydroxylation is 1. The molecule has 0 unspecified atom stereocenters. The SMILES string of the molecule is Cc1ccc(CNC(=O)[C@@H]2CCCN(c3ccc(=O)n(-c4cccc(Cl)c4)n3)C2)cc1. The predicted octanol–water partition coefficient (Wildman–Crippen LogP) is 3.73. The lowest BCUT2D eigenvalue weighted by Gasteiger charge is -2.33. The quantitative estimate of drug-likeness (QED) is 0.661. The van der Waals surface area contributed by atoms with Crippen molar-refractivity contribution in [2.75, 3.05) is 18.0 Å². The molecule has 0 saturated carbocycles. The molecular formula is C24H25ClN4O2. The molecule has 160 valence electrons. The molecule has 1 saturated heterocycles. The number of rotatable bonds is 5. The first-order valence-electron chi connectivity index (χ1n) is 10.4. The zero-order valence-corrected chi connectivity index (χ0v) is 18.2. The van der Waals surface area contributed by atoms with E-state index < -0.39 is 0 Å². The molecule has 0 spiro atoms. The Kier molecular flexibility index (Phi) is 6.37. The second kappa shape index (κ2) is 9.35. The van der Waals surface area contributed by atoms with Crippen LogP contribution in [0.2, 0.25) is 5.02 Å². The highest BCUT2D eigenvalue weighted by atomic mass is 35.5. The molecule has 1 N–H and O–H groups in total. The minimum Gasteiger partial charge on any atom is -0.354 e. The molecule has 1 atom stereocenters. The summed E-state index contributed by atoms with van der Waals surface area (Å²) in [5, 5.41) is 8.14. The maximum Gasteiger partial charge on any atom is 0.271 e. The number of anilines is 1. The first-order valence-corrected chi connectivity index (χ1v) is 10.8. The molecule has 6 nitrogen and oxygen atoms in total. The van der Waals surface area contributed by atoms with E-state index in [2.05, 4.69) is 15.3 Å². The third-order valence-electron chi connectivity index (χ3n) is 5.54. The van der Waals surface area contributed by atoms with Crippen LogP contribution >= 0.6 is 11.6 Å². The van der Waals surface area contributed by atoms with Gasteiger partial charge < -0.3 is 10.2 Å². The number of hydrogen-bond acceptors (Lipinski definition) is 4. The van der Waals surface area contributed by atoms with Gasteiger partial charge >= 0.3 is 0 Å². The Morgan fingerprint density at radius 3 is 2.74 bits per heavy atom. The Morgan fingerprint density at radius 1 is 1.16 bits per heavy atom. The van der Waals surface area contributed by atoms with Crippen molar-refractivity contribution in [3.63, 3.8) is 0 Å². The monoisotopic (exact) mass is 436 g/mol. The molecule has 0 aliphatic carbocycles. The van der Waals surface area contributed by atoms with Crippen molar-refractivity contribution >= 4 is 23.3 Å². The van der Waals surface area contributed by atoms with Crippen molar-refractivity contribution in [3.05, 3.63) is 87.2 Å². The van der Waals surface area contributed by atoms with Crippen molar-refractivity contribution in [2.45, 2.75) is 26.3 Å². The van der Waals surface area contributed by atoms with E-state index >= 15 is 0 Å². The van der Waals surface area contributed by atoms with Crippen LogP contribution in [0.15, 0.2) is 65.5 Å². The van der Waals surface area contributed by atoms with Crippen molar-refractivity contribution in [2.24, 2.45) is 5.92 Å². The molecule has 3 aromatic rings. The van der Waals surface area contributed by atoms with Crippen molar-refractivity contribution < 1.29 is 4.79 Å². The van der Waals surface area contributed by atoms with Gasteiger partial charge in [-0.1, -0.05) is 47.5 Å². The number of piperidine rings is 1. The molecule has 1 amide bonds. The fraction of sp³-hybridized carbons (Fsp3) is 0.292. The van der Waals surface area contributed by atoms with Gasteiger partial charge in [-0.25, -0.2) is 0 Å². The Hall–Kier alpha value is -3.12. The van der Waals surface area contributed by atoms with Gasteiger partial charge in [0.2, 0.25) is 5.91 Å². The standard InChI is InChI=1S/C24H25ClN4O2/c1-17-7-9-18(10-8-17)15-26-24(31)19-4-3-13-28(16-19)22-11-12-23(30)29(27-22)21-6-2-5-20(25)14-21/h2,5-12,14,19H,3-4,13,15-16H2,1H3,(H,26,31)/t19-/m1/s1. The molecule has 31 heavy (non-hydrogen) atoms. The zero-order chi connectivity index (χ0) is 21.8. The highest BCUT2D eigenvalue weighted by Gasteiger charge is 2.26. The molecule has 7 heteroatoms. The van der Waals surface area contributed by atoms with Gasteiger partial charge in [0, 0.05) is 30.7 Å². The van der Waals surface area contributed by atoms with Crippen molar-refractivity contribution in [3.8, 4) is 5.69 Å². The van der Waals surface area contributed by atoms with Crippen LogP contribution in [0, 0.1) is 12.8 Å². The van der Waals surface area contributed by atoms with Gasteiger partial charge in [-0.05, 0) is 49.6 Å². The van der Waals surface area contributed by atoms with Crippen LogP contribution in [0.1, 0.15) is 24.0 Å². The number of halogens is 1. The first-order chi connectivity index (χ1) is 15.0. The lowest BCUT2D eigenvalue weighted by molar-refractivity contribution is -0.125. The minimum absolute atomic E-state index is 0.0495. The Labute approximate surface area is 186 Å². The van der Waals surface area contributed by atoms with Crippen LogP contribution in [0.3, 0.4) is 0 Å². The minimum atomic E-state index is -0.226. The molecular weight excluding hydrogens is 412 g/mol. The number of carbonyl (C=O) groups is 1. The fourth-order valence-corrected chi connectivity index (χ4v) is 3.99. The Bertz CT molecular complexity index is 1130. The van der Waals surface area contributed by atoms with E-state index in [9.17, 15) is 9.59 Å². The van der Waals surface area contributed by atoms with Gasteiger partial charge in [-0.3, -0.25) is 9.59 Å². The number of carbonyl (C=O) groups excluding carboxylic acids is 1. The van der Waals surface area contributed by atoms with E-state index in [0.717, 1.165) is 24.9 Å². The number of benzene rings is 2. The second-order valence-electron chi connectivity index (χ2n) is 7.91. The number of nitrogens with one attached hydrogen (secondary N) is 1. The van der Waals surface area contributed by atoms with Crippen LogP contribution in [0.25, 0.3) is 5.69 Å². The average molecular weight is 437 g/mol. The maximum atomic E-state index is 12.8. The molecule has 0 radical (unpaired) electrons. The molecule has 1 fully saturated rings. The summed E-state index contributed by atoms with van der Waals surface area (Å²) < 4.78 is 1.35. The molecule has 1 aliphatic rings. The topological polar surface area (TPSA) is 67.2 Å². The van der Waals surface area contributed by atoms with E-state index in [0.29, 0.717) is 29.6 Å². The lowest BCUT2D eigenvalue weighted by atomic mass is 9.97. The number of amides is 1. The van der Waals surface area contributed by atoms with E-state index in [1.807, 2.05) is 31.2 Å². The molecule has 0 bridgehead atoms. The van der Waals surface area contributed by atoms with E-state index in [1.54, 1.807) is 30.3 Å². The summed E-state index contributed by atoms with van der Waals surface area (Å²) in [5.41, 5.74) is 2.67. The molecule has 4 rings (SSSR count). The summed E-state index contributed by atoms with van der Waals surface area (Å²) in [4.78, 5) is 27.2. The van der Waals surface area contributed by atoms with Gasteiger partial charge in [0.1, 0.15) is 5.82 Å². The number of aromatic nitrogens is 2. The summed E-state index contributed by atoms with van der Waals surface area (Å²) in [6.45, 7) is 3.93. The molecule has 1 aromatic heterocycles. The maximum absolute atomic E-state index is 12.8. The van der Waals surface area contributed by atoms with Gasteiger partial charge in [-0.15, -0.1) is 5.10 Å². The summed E-state index contributed by atoms with van der Waals surface area (Å²) in [6.07, 6.45) is 1.73. The van der Waals surface area contributed by atoms with Gasteiger partial charge in [-0.2, -0.15) is 4.68 Å². The summed E-state index contributed by atoms with van der Waals surface area (Å²) in [5.74, 6) is 0.608. The number of hydrogen-bond donors (Lipinski definition) is 1. The summed E-state index contributed by atoms with van der Waals surface area (Å²) in [6, 6.07) is 18.4. The van der Waals surface area contributed by atoms with E-state index in [1.165, 1.54) is 16.3 Å². The highest BCUT2D eigenvalue weighted by molar-refractivity contribution is 6.30. The fourth-order valence-electron chi connectivity index (χ4n) is 3.80. The highest BCUT2D eigenvalue weighted by Crippen LogP contribution is 2.22. The van der Waals surface area contributed by atoms with Crippen LogP contribution in [0.5, 0.6) is 0 Å². The van der Waals surface area contributed by atoms with Gasteiger partial charge in [0.15, 0.2) is 0 Å². The van der Waals surface area contributed by atoms with Crippen LogP contribution < -0.4 is 15.8 Å². The largest absolute Gasteiger partial charge is 0.354 e. The smallest absolute Gasteiger partial charge is 0.271 e. The first kappa shape index (κ1) is 21.1. The Morgan fingerprint density at radius 2 is 1.97 bits per heavy atom. The summed E-state index contributed by atoms with van der Waals surface area (Å²) >= 11 is 6.07. The molecule has 1 aliphatic heterocycles. The van der Waals surface area contributed by atoms with E-state index in [-0.39, 0.29) is 17.4 Å². The molecule has 2 aromatic carbocycles. The van der Waals surface area contributed by atoms with Crippen LogP contribution in [0.4, 0.5) is 5.82 Å².